The maximum atomic E-state index is 11.1. The zero-order valence-corrected chi connectivity index (χ0v) is 7.72. The lowest BCUT2D eigenvalue weighted by Crippen LogP contribution is -2.14. The van der Waals surface area contributed by atoms with Gasteiger partial charge in [-0.1, -0.05) is 0 Å². The molecule has 0 atom stereocenters. The van der Waals surface area contributed by atoms with Crippen molar-refractivity contribution in [2.24, 2.45) is 0 Å². The lowest BCUT2D eigenvalue weighted by molar-refractivity contribution is -0.144. The highest BCUT2D eigenvalue weighted by molar-refractivity contribution is 5.69. The van der Waals surface area contributed by atoms with E-state index in [0.29, 0.717) is 12.1 Å². The van der Waals surface area contributed by atoms with E-state index in [-0.39, 0.29) is 25.7 Å². The standard InChI is InChI=1S/C8H13N3O3/c9-7-4-10-11(5-7)6-8(13)14-3-1-2-12/h4-5,12H,1-3,6,9H2. The number of hydrogen-bond acceptors (Lipinski definition) is 5. The first-order valence-electron chi connectivity index (χ1n) is 4.27. The van der Waals surface area contributed by atoms with Gasteiger partial charge in [-0.3, -0.25) is 9.48 Å². The van der Waals surface area contributed by atoms with Crippen molar-refractivity contribution in [3.05, 3.63) is 12.4 Å². The van der Waals surface area contributed by atoms with Crippen LogP contribution in [0.25, 0.3) is 0 Å². The molecule has 0 bridgehead atoms. The zero-order valence-electron chi connectivity index (χ0n) is 7.72. The summed E-state index contributed by atoms with van der Waals surface area (Å²) >= 11 is 0. The van der Waals surface area contributed by atoms with Gasteiger partial charge in [-0.25, -0.2) is 0 Å². The summed E-state index contributed by atoms with van der Waals surface area (Å²) in [5.41, 5.74) is 5.92. The molecule has 0 unspecified atom stereocenters. The number of esters is 1. The Kier molecular flexibility index (Phi) is 3.93. The molecule has 14 heavy (non-hydrogen) atoms. The van der Waals surface area contributed by atoms with E-state index in [2.05, 4.69) is 5.10 Å². The van der Waals surface area contributed by atoms with E-state index in [1.165, 1.54) is 10.9 Å². The van der Waals surface area contributed by atoms with Gasteiger partial charge in [0.1, 0.15) is 6.54 Å². The first-order valence-corrected chi connectivity index (χ1v) is 4.27. The van der Waals surface area contributed by atoms with Gasteiger partial charge in [0.15, 0.2) is 0 Å². The molecular weight excluding hydrogens is 186 g/mol. The molecule has 0 saturated carbocycles. The van der Waals surface area contributed by atoms with Crippen LogP contribution < -0.4 is 5.73 Å². The van der Waals surface area contributed by atoms with Crippen molar-refractivity contribution in [2.75, 3.05) is 18.9 Å². The lowest BCUT2D eigenvalue weighted by atomic mass is 10.5. The van der Waals surface area contributed by atoms with Gasteiger partial charge in [-0.05, 0) is 0 Å². The highest BCUT2D eigenvalue weighted by Crippen LogP contribution is 1.98. The minimum Gasteiger partial charge on any atom is -0.464 e. The van der Waals surface area contributed by atoms with Crippen LogP contribution in [0.4, 0.5) is 5.69 Å². The molecule has 0 aliphatic heterocycles. The summed E-state index contributed by atoms with van der Waals surface area (Å²) in [4.78, 5) is 11.1. The zero-order chi connectivity index (χ0) is 10.4. The molecule has 0 spiro atoms. The average molecular weight is 199 g/mol. The van der Waals surface area contributed by atoms with Crippen molar-refractivity contribution in [1.82, 2.24) is 9.78 Å². The number of carbonyl (C=O) groups excluding carboxylic acids is 1. The SMILES string of the molecule is Nc1cnn(CC(=O)OCCCO)c1. The van der Waals surface area contributed by atoms with Gasteiger partial charge in [0.25, 0.3) is 0 Å². The predicted octanol–water partition coefficient (Wildman–Crippen LogP) is -0.609. The third-order valence-electron chi connectivity index (χ3n) is 1.51. The highest BCUT2D eigenvalue weighted by Gasteiger charge is 2.04. The van der Waals surface area contributed by atoms with Crippen LogP contribution in [-0.2, 0) is 16.1 Å². The third kappa shape index (κ3) is 3.44. The topological polar surface area (TPSA) is 90.4 Å². The molecule has 0 aliphatic carbocycles. The van der Waals surface area contributed by atoms with Crippen LogP contribution in [0, 0.1) is 0 Å². The van der Waals surface area contributed by atoms with Crippen LogP contribution in [0.3, 0.4) is 0 Å². The molecule has 1 aromatic heterocycles. The maximum Gasteiger partial charge on any atom is 0.327 e. The summed E-state index contributed by atoms with van der Waals surface area (Å²) in [7, 11) is 0. The lowest BCUT2D eigenvalue weighted by Gasteiger charge is -2.02. The third-order valence-corrected chi connectivity index (χ3v) is 1.51. The minimum atomic E-state index is -0.387. The van der Waals surface area contributed by atoms with Crippen LogP contribution in [0.1, 0.15) is 6.42 Å². The van der Waals surface area contributed by atoms with E-state index in [4.69, 9.17) is 15.6 Å². The number of nitrogen functional groups attached to an aromatic ring is 1. The molecule has 0 saturated heterocycles. The van der Waals surface area contributed by atoms with Crippen molar-refractivity contribution < 1.29 is 14.6 Å². The second kappa shape index (κ2) is 5.23. The number of anilines is 1. The summed E-state index contributed by atoms with van der Waals surface area (Å²) in [6, 6.07) is 0. The van der Waals surface area contributed by atoms with Crippen molar-refractivity contribution in [1.29, 1.82) is 0 Å². The summed E-state index contributed by atoms with van der Waals surface area (Å²) in [6.07, 6.45) is 3.46. The Hall–Kier alpha value is -1.56. The molecule has 3 N–H and O–H groups in total. The number of aromatic nitrogens is 2. The molecule has 6 nitrogen and oxygen atoms in total. The summed E-state index contributed by atoms with van der Waals surface area (Å²) in [5, 5.41) is 12.3. The van der Waals surface area contributed by atoms with E-state index in [1.807, 2.05) is 0 Å². The monoisotopic (exact) mass is 199 g/mol. The molecule has 78 valence electrons. The van der Waals surface area contributed by atoms with E-state index < -0.39 is 0 Å². The van der Waals surface area contributed by atoms with Gasteiger partial charge >= 0.3 is 5.97 Å². The molecular formula is C8H13N3O3. The molecule has 0 aromatic carbocycles. The Bertz CT molecular complexity index is 298. The van der Waals surface area contributed by atoms with E-state index in [0.717, 1.165) is 0 Å². The fourth-order valence-electron chi connectivity index (χ4n) is 0.895. The van der Waals surface area contributed by atoms with Crippen molar-refractivity contribution in [3.8, 4) is 0 Å². The molecule has 0 amide bonds. The predicted molar refractivity (Wildman–Crippen MR) is 49.3 cm³/mol. The second-order valence-electron chi connectivity index (χ2n) is 2.77. The smallest absolute Gasteiger partial charge is 0.327 e. The normalized spacial score (nSPS) is 10.1. The highest BCUT2D eigenvalue weighted by atomic mass is 16.5. The van der Waals surface area contributed by atoms with E-state index in [9.17, 15) is 4.79 Å². The fourth-order valence-corrected chi connectivity index (χ4v) is 0.895. The summed E-state index contributed by atoms with van der Waals surface area (Å²) in [6.45, 7) is 0.288. The van der Waals surface area contributed by atoms with E-state index in [1.54, 1.807) is 6.20 Å². The number of rotatable bonds is 5. The number of ether oxygens (including phenoxy) is 1. The van der Waals surface area contributed by atoms with Crippen LogP contribution in [-0.4, -0.2) is 34.1 Å². The number of nitrogens with two attached hydrogens (primary N) is 1. The number of carbonyl (C=O) groups is 1. The van der Waals surface area contributed by atoms with Gasteiger partial charge in [-0.2, -0.15) is 5.10 Å². The number of hydrogen-bond donors (Lipinski definition) is 2. The van der Waals surface area contributed by atoms with Crippen molar-refractivity contribution in [2.45, 2.75) is 13.0 Å². The van der Waals surface area contributed by atoms with Gasteiger partial charge in [0.05, 0.1) is 18.5 Å². The molecule has 6 heteroatoms. The molecule has 1 aromatic rings. The first kappa shape index (κ1) is 10.5. The van der Waals surface area contributed by atoms with Gasteiger partial charge < -0.3 is 15.6 Å². The van der Waals surface area contributed by atoms with Crippen LogP contribution >= 0.6 is 0 Å². The summed E-state index contributed by atoms with van der Waals surface area (Å²) < 4.78 is 6.19. The number of nitrogens with zero attached hydrogens (tertiary/aromatic N) is 2. The summed E-state index contributed by atoms with van der Waals surface area (Å²) in [5.74, 6) is -0.387. The van der Waals surface area contributed by atoms with Gasteiger partial charge in [0, 0.05) is 19.2 Å². The number of aliphatic hydroxyl groups excluding tert-OH is 1. The van der Waals surface area contributed by atoms with Gasteiger partial charge in [0.2, 0.25) is 0 Å². The molecule has 0 radical (unpaired) electrons. The van der Waals surface area contributed by atoms with Crippen LogP contribution in [0.5, 0.6) is 0 Å². The average Bonchev–Trinajstić information content (AvgIpc) is 2.52. The Labute approximate surface area is 81.3 Å². The Balaban J connectivity index is 2.27. The largest absolute Gasteiger partial charge is 0.464 e. The molecule has 1 rings (SSSR count). The second-order valence-corrected chi connectivity index (χ2v) is 2.77. The quantitative estimate of drug-likeness (QED) is 0.487. The van der Waals surface area contributed by atoms with Crippen molar-refractivity contribution in [3.63, 3.8) is 0 Å². The first-order chi connectivity index (χ1) is 6.72. The van der Waals surface area contributed by atoms with E-state index >= 15 is 0 Å². The fraction of sp³-hybridized carbons (Fsp3) is 0.500. The Morgan fingerprint density at radius 3 is 3.07 bits per heavy atom. The molecule has 1 heterocycles. The minimum absolute atomic E-state index is 0.0159. The van der Waals surface area contributed by atoms with Crippen LogP contribution in [0.15, 0.2) is 12.4 Å². The van der Waals surface area contributed by atoms with Crippen LogP contribution in [0.2, 0.25) is 0 Å². The van der Waals surface area contributed by atoms with Gasteiger partial charge in [-0.15, -0.1) is 0 Å². The Morgan fingerprint density at radius 1 is 1.71 bits per heavy atom. The Morgan fingerprint density at radius 2 is 2.50 bits per heavy atom. The van der Waals surface area contributed by atoms with Crippen molar-refractivity contribution >= 4 is 11.7 Å². The molecule has 0 fully saturated rings. The molecule has 0 aliphatic rings. The number of aliphatic hydroxyl groups is 1. The maximum absolute atomic E-state index is 11.1.